The van der Waals surface area contributed by atoms with Crippen molar-refractivity contribution in [1.82, 2.24) is 0 Å². The van der Waals surface area contributed by atoms with Crippen molar-refractivity contribution in [2.24, 2.45) is 46.7 Å². The van der Waals surface area contributed by atoms with Crippen LogP contribution in [0.25, 0.3) is 0 Å². The highest BCUT2D eigenvalue weighted by molar-refractivity contribution is 5.08. The minimum atomic E-state index is 0.334. The first-order valence-corrected chi connectivity index (χ1v) is 8.05. The molecular formula is C17H33N. The molecule has 2 bridgehead atoms. The van der Waals surface area contributed by atoms with Crippen LogP contribution in [0, 0.1) is 40.9 Å². The largest absolute Gasteiger partial charge is 0.328 e. The van der Waals surface area contributed by atoms with Gasteiger partial charge in [0.15, 0.2) is 0 Å². The maximum Gasteiger partial charge on any atom is 0.00386 e. The van der Waals surface area contributed by atoms with Crippen molar-refractivity contribution in [2.45, 2.75) is 66.8 Å². The van der Waals surface area contributed by atoms with E-state index in [1.54, 1.807) is 0 Å². The minimum Gasteiger partial charge on any atom is -0.328 e. The van der Waals surface area contributed by atoms with Gasteiger partial charge in [0, 0.05) is 6.04 Å². The molecule has 3 saturated carbocycles. The molecular weight excluding hydrogens is 218 g/mol. The summed E-state index contributed by atoms with van der Waals surface area (Å²) in [5.74, 6) is 5.24. The van der Waals surface area contributed by atoms with Gasteiger partial charge in [-0.3, -0.25) is 0 Å². The Bertz CT molecular complexity index is 292. The molecule has 0 saturated heterocycles. The van der Waals surface area contributed by atoms with Crippen LogP contribution in [0.2, 0.25) is 0 Å². The first-order valence-electron chi connectivity index (χ1n) is 8.05. The van der Waals surface area contributed by atoms with Crippen molar-refractivity contribution < 1.29 is 0 Å². The number of fused-ring (bicyclic) bond motifs is 2. The molecule has 3 aliphatic rings. The van der Waals surface area contributed by atoms with Crippen LogP contribution in [-0.4, -0.2) is 6.04 Å². The Balaban J connectivity index is 2.05. The van der Waals surface area contributed by atoms with Crippen LogP contribution in [0.1, 0.15) is 60.8 Å². The summed E-state index contributed by atoms with van der Waals surface area (Å²) < 4.78 is 0. The summed E-state index contributed by atoms with van der Waals surface area (Å²) in [6.45, 7) is 14.4. The first kappa shape index (κ1) is 14.4. The fourth-order valence-corrected chi connectivity index (χ4v) is 5.15. The third kappa shape index (κ3) is 2.03. The molecule has 0 aliphatic heterocycles. The summed E-state index contributed by atoms with van der Waals surface area (Å²) in [4.78, 5) is 0. The van der Waals surface area contributed by atoms with Crippen LogP contribution in [0.3, 0.4) is 0 Å². The van der Waals surface area contributed by atoms with E-state index in [0.717, 1.165) is 29.6 Å². The molecule has 2 N–H and O–H groups in total. The van der Waals surface area contributed by atoms with Gasteiger partial charge in [-0.05, 0) is 67.1 Å². The van der Waals surface area contributed by atoms with Gasteiger partial charge >= 0.3 is 0 Å². The van der Waals surface area contributed by atoms with Gasteiger partial charge in [0.1, 0.15) is 0 Å². The molecule has 0 aromatic carbocycles. The van der Waals surface area contributed by atoms with E-state index in [2.05, 4.69) is 41.5 Å². The fourth-order valence-electron chi connectivity index (χ4n) is 5.15. The van der Waals surface area contributed by atoms with Gasteiger partial charge in [-0.2, -0.15) is 0 Å². The number of hydrogen-bond acceptors (Lipinski definition) is 1. The number of nitrogens with two attached hydrogens (primary N) is 1. The monoisotopic (exact) mass is 251 g/mol. The lowest BCUT2D eigenvalue weighted by atomic mass is 9.39. The van der Waals surface area contributed by atoms with Crippen LogP contribution >= 0.6 is 0 Å². The highest BCUT2D eigenvalue weighted by Gasteiger charge is 2.59. The molecule has 3 rings (SSSR count). The summed E-state index contributed by atoms with van der Waals surface area (Å²) >= 11 is 0. The van der Waals surface area contributed by atoms with E-state index < -0.39 is 0 Å². The zero-order valence-electron chi connectivity index (χ0n) is 13.2. The van der Waals surface area contributed by atoms with Crippen molar-refractivity contribution in [1.29, 1.82) is 0 Å². The van der Waals surface area contributed by atoms with E-state index in [1.165, 1.54) is 19.3 Å². The second kappa shape index (κ2) is 4.81. The average molecular weight is 251 g/mol. The molecule has 106 valence electrons. The van der Waals surface area contributed by atoms with E-state index in [0.29, 0.717) is 17.4 Å². The summed E-state index contributed by atoms with van der Waals surface area (Å²) in [5, 5.41) is 0. The molecule has 1 nitrogen and oxygen atoms in total. The molecule has 3 aliphatic carbocycles. The van der Waals surface area contributed by atoms with E-state index in [9.17, 15) is 0 Å². The van der Waals surface area contributed by atoms with Gasteiger partial charge in [-0.15, -0.1) is 0 Å². The Morgan fingerprint density at radius 1 is 1.17 bits per heavy atom. The van der Waals surface area contributed by atoms with Gasteiger partial charge in [-0.25, -0.2) is 0 Å². The summed E-state index contributed by atoms with van der Waals surface area (Å²) in [7, 11) is 0. The molecule has 1 heteroatoms. The molecule has 0 radical (unpaired) electrons. The Morgan fingerprint density at radius 3 is 2.22 bits per heavy atom. The lowest BCUT2D eigenvalue weighted by molar-refractivity contribution is -0.165. The summed E-state index contributed by atoms with van der Waals surface area (Å²) in [6, 6.07) is 0.334. The topological polar surface area (TPSA) is 26.0 Å². The van der Waals surface area contributed by atoms with E-state index in [1.807, 2.05) is 0 Å². The van der Waals surface area contributed by atoms with Gasteiger partial charge in [0.2, 0.25) is 0 Å². The third-order valence-electron chi connectivity index (χ3n) is 7.03. The van der Waals surface area contributed by atoms with Crippen LogP contribution in [0.5, 0.6) is 0 Å². The van der Waals surface area contributed by atoms with Crippen molar-refractivity contribution >= 4 is 0 Å². The molecule has 0 aromatic rings. The van der Waals surface area contributed by atoms with Crippen LogP contribution in [0.4, 0.5) is 0 Å². The number of rotatable bonds is 4. The molecule has 0 amide bonds. The minimum absolute atomic E-state index is 0.334. The maximum absolute atomic E-state index is 6.09. The van der Waals surface area contributed by atoms with Crippen LogP contribution < -0.4 is 5.73 Å². The van der Waals surface area contributed by atoms with Crippen molar-refractivity contribution in [3.63, 3.8) is 0 Å². The van der Waals surface area contributed by atoms with Crippen molar-refractivity contribution in [3.8, 4) is 0 Å². The zero-order chi connectivity index (χ0) is 13.7. The molecule has 3 fully saturated rings. The normalized spacial score (nSPS) is 48.2. The lowest BCUT2D eigenvalue weighted by Crippen LogP contribution is -2.58. The molecule has 0 heterocycles. The molecule has 18 heavy (non-hydrogen) atoms. The molecule has 8 atom stereocenters. The van der Waals surface area contributed by atoms with Gasteiger partial charge < -0.3 is 5.73 Å². The van der Waals surface area contributed by atoms with Crippen LogP contribution in [-0.2, 0) is 0 Å². The SMILES string of the molecule is CC(N)C(C)C(C)CC12CC(C(C)CC1C)C2C. The Labute approximate surface area is 114 Å². The standard InChI is InChI=1S/C17H33N/c1-10-7-12(3)17(9-16(10)14(17)5)8-11(2)13(4)15(6)18/h10-16H,7-9,18H2,1-6H3. The third-order valence-corrected chi connectivity index (χ3v) is 7.03. The highest BCUT2D eigenvalue weighted by atomic mass is 14.7. The second-order valence-electron chi connectivity index (χ2n) is 7.90. The van der Waals surface area contributed by atoms with Crippen molar-refractivity contribution in [2.75, 3.05) is 0 Å². The number of hydrogen-bond donors (Lipinski definition) is 1. The Hall–Kier alpha value is -0.0400. The van der Waals surface area contributed by atoms with Crippen molar-refractivity contribution in [3.05, 3.63) is 0 Å². The highest BCUT2D eigenvalue weighted by Crippen LogP contribution is 2.67. The quantitative estimate of drug-likeness (QED) is 0.791. The fraction of sp³-hybridized carbons (Fsp3) is 1.00. The predicted molar refractivity (Wildman–Crippen MR) is 79.2 cm³/mol. The first-order chi connectivity index (χ1) is 8.29. The second-order valence-corrected chi connectivity index (χ2v) is 7.90. The smallest absolute Gasteiger partial charge is 0.00386 e. The summed E-state index contributed by atoms with van der Waals surface area (Å²) in [5.41, 5.74) is 6.74. The predicted octanol–water partition coefficient (Wildman–Crippen LogP) is 4.31. The lowest BCUT2D eigenvalue weighted by Gasteiger charge is -2.65. The molecule has 0 spiro atoms. The Kier molecular flexibility index (Phi) is 3.84. The average Bonchev–Trinajstić information content (AvgIpc) is 2.29. The molecule has 8 unspecified atom stereocenters. The summed E-state index contributed by atoms with van der Waals surface area (Å²) in [6.07, 6.45) is 4.35. The van der Waals surface area contributed by atoms with Gasteiger partial charge in [-0.1, -0.05) is 34.6 Å². The van der Waals surface area contributed by atoms with Crippen LogP contribution in [0.15, 0.2) is 0 Å². The Morgan fingerprint density at radius 2 is 1.78 bits per heavy atom. The van der Waals surface area contributed by atoms with E-state index >= 15 is 0 Å². The van der Waals surface area contributed by atoms with Gasteiger partial charge in [0.25, 0.3) is 0 Å². The van der Waals surface area contributed by atoms with E-state index in [-0.39, 0.29) is 0 Å². The van der Waals surface area contributed by atoms with E-state index in [4.69, 9.17) is 5.73 Å². The molecule has 0 aromatic heterocycles. The maximum atomic E-state index is 6.09. The van der Waals surface area contributed by atoms with Gasteiger partial charge in [0.05, 0.1) is 0 Å². The zero-order valence-corrected chi connectivity index (χ0v) is 13.2.